The van der Waals surface area contributed by atoms with Gasteiger partial charge < -0.3 is 5.32 Å². The Morgan fingerprint density at radius 3 is 2.59 bits per heavy atom. The summed E-state index contributed by atoms with van der Waals surface area (Å²) < 4.78 is 49.6. The molecule has 96 valence electrons. The summed E-state index contributed by atoms with van der Waals surface area (Å²) in [6.45, 7) is 0.780. The first-order chi connectivity index (χ1) is 7.95. The molecule has 0 aliphatic heterocycles. The molecule has 0 heterocycles. The van der Waals surface area contributed by atoms with Gasteiger partial charge in [-0.1, -0.05) is 24.3 Å². The Balaban J connectivity index is 2.72. The van der Waals surface area contributed by atoms with E-state index in [9.17, 15) is 17.6 Å². The maximum absolute atomic E-state index is 13.1. The molecular formula is C12H15F4N. The van der Waals surface area contributed by atoms with Crippen molar-refractivity contribution in [3.63, 3.8) is 0 Å². The summed E-state index contributed by atoms with van der Waals surface area (Å²) in [6, 6.07) is 5.62. The van der Waals surface area contributed by atoms with Crippen LogP contribution in [-0.2, 0) is 6.42 Å². The van der Waals surface area contributed by atoms with E-state index in [1.54, 1.807) is 13.1 Å². The molecule has 0 bridgehead atoms. The average Bonchev–Trinajstić information content (AvgIpc) is 2.28. The topological polar surface area (TPSA) is 12.0 Å². The van der Waals surface area contributed by atoms with Crippen LogP contribution < -0.4 is 5.32 Å². The first-order valence-electron chi connectivity index (χ1n) is 5.39. The normalized spacial score (nSPS) is 13.7. The molecule has 1 rings (SSSR count). The van der Waals surface area contributed by atoms with Crippen LogP contribution >= 0.6 is 0 Å². The molecule has 0 aromatic heterocycles. The van der Waals surface area contributed by atoms with E-state index in [1.807, 2.05) is 0 Å². The fourth-order valence-electron chi connectivity index (χ4n) is 1.56. The van der Waals surface area contributed by atoms with Gasteiger partial charge in [0.25, 0.3) is 0 Å². The summed E-state index contributed by atoms with van der Waals surface area (Å²) in [7, 11) is 1.80. The van der Waals surface area contributed by atoms with Crippen molar-refractivity contribution in [2.24, 2.45) is 0 Å². The summed E-state index contributed by atoms with van der Waals surface area (Å²) in [4.78, 5) is 0. The van der Waals surface area contributed by atoms with Gasteiger partial charge in [0.05, 0.1) is 0 Å². The van der Waals surface area contributed by atoms with Gasteiger partial charge in [0.15, 0.2) is 0 Å². The highest BCUT2D eigenvalue weighted by molar-refractivity contribution is 5.26. The van der Waals surface area contributed by atoms with E-state index in [0.29, 0.717) is 6.42 Å². The predicted molar refractivity (Wildman–Crippen MR) is 58.6 cm³/mol. The molecule has 0 aliphatic carbocycles. The van der Waals surface area contributed by atoms with Gasteiger partial charge in [-0.3, -0.25) is 0 Å². The Bertz CT molecular complexity index is 349. The Morgan fingerprint density at radius 2 is 2.00 bits per heavy atom. The van der Waals surface area contributed by atoms with Gasteiger partial charge in [0.2, 0.25) is 6.17 Å². The zero-order valence-corrected chi connectivity index (χ0v) is 9.52. The second-order valence-corrected chi connectivity index (χ2v) is 3.86. The van der Waals surface area contributed by atoms with Crippen LogP contribution in [0.15, 0.2) is 24.3 Å². The van der Waals surface area contributed by atoms with Crippen LogP contribution in [-0.4, -0.2) is 19.8 Å². The molecule has 1 aromatic rings. The first kappa shape index (κ1) is 14.0. The molecule has 0 saturated carbocycles. The van der Waals surface area contributed by atoms with Gasteiger partial charge in [0.1, 0.15) is 0 Å². The Kier molecular flexibility index (Phi) is 4.93. The molecule has 1 unspecified atom stereocenters. The second kappa shape index (κ2) is 6.00. The Morgan fingerprint density at radius 1 is 1.29 bits per heavy atom. The standard InChI is InChI=1S/C12H15F4N/c1-17-7-3-5-9-4-2-6-10(8-9)11(13)12(14,15)16/h2,4,6,8,11,17H,3,5,7H2,1H3. The molecule has 0 amide bonds. The van der Waals surface area contributed by atoms with E-state index >= 15 is 0 Å². The third kappa shape index (κ3) is 4.34. The van der Waals surface area contributed by atoms with Gasteiger partial charge in [-0.05, 0) is 37.6 Å². The number of hydrogen-bond acceptors (Lipinski definition) is 1. The van der Waals surface area contributed by atoms with Crippen molar-refractivity contribution in [3.05, 3.63) is 35.4 Å². The zero-order valence-electron chi connectivity index (χ0n) is 9.52. The van der Waals surface area contributed by atoms with Crippen molar-refractivity contribution in [1.82, 2.24) is 5.32 Å². The van der Waals surface area contributed by atoms with Crippen molar-refractivity contribution in [2.75, 3.05) is 13.6 Å². The van der Waals surface area contributed by atoms with Crippen LogP contribution in [0.1, 0.15) is 23.7 Å². The number of hydrogen-bond donors (Lipinski definition) is 1. The number of halogens is 4. The molecule has 5 heteroatoms. The third-order valence-corrected chi connectivity index (χ3v) is 2.42. The van der Waals surface area contributed by atoms with Crippen LogP contribution in [0.3, 0.4) is 0 Å². The van der Waals surface area contributed by atoms with Crippen LogP contribution in [0.5, 0.6) is 0 Å². The molecule has 0 spiro atoms. The molecule has 0 saturated heterocycles. The number of rotatable bonds is 5. The van der Waals surface area contributed by atoms with Gasteiger partial charge in [0, 0.05) is 0 Å². The zero-order chi connectivity index (χ0) is 12.9. The summed E-state index contributed by atoms with van der Waals surface area (Å²) >= 11 is 0. The van der Waals surface area contributed by atoms with Crippen LogP contribution in [0.25, 0.3) is 0 Å². The number of alkyl halides is 4. The molecule has 1 aromatic carbocycles. The molecular weight excluding hydrogens is 234 g/mol. The lowest BCUT2D eigenvalue weighted by molar-refractivity contribution is -0.182. The van der Waals surface area contributed by atoms with E-state index < -0.39 is 12.3 Å². The van der Waals surface area contributed by atoms with Gasteiger partial charge in [-0.25, -0.2) is 4.39 Å². The minimum atomic E-state index is -4.83. The van der Waals surface area contributed by atoms with E-state index in [0.717, 1.165) is 18.5 Å². The summed E-state index contributed by atoms with van der Waals surface area (Å²) in [5.41, 5.74) is 0.407. The van der Waals surface area contributed by atoms with Gasteiger partial charge in [-0.15, -0.1) is 0 Å². The highest BCUT2D eigenvalue weighted by atomic mass is 19.4. The number of benzene rings is 1. The van der Waals surface area contributed by atoms with E-state index in [-0.39, 0.29) is 5.56 Å². The second-order valence-electron chi connectivity index (χ2n) is 3.86. The van der Waals surface area contributed by atoms with Crippen molar-refractivity contribution in [2.45, 2.75) is 25.2 Å². The van der Waals surface area contributed by atoms with Crippen molar-refractivity contribution < 1.29 is 17.6 Å². The molecule has 17 heavy (non-hydrogen) atoms. The lowest BCUT2D eigenvalue weighted by Crippen LogP contribution is -2.16. The molecule has 0 fully saturated rings. The van der Waals surface area contributed by atoms with E-state index in [2.05, 4.69) is 5.32 Å². The third-order valence-electron chi connectivity index (χ3n) is 2.42. The Hall–Kier alpha value is -1.10. The Labute approximate surface area is 97.8 Å². The minimum absolute atomic E-state index is 0.320. The number of nitrogens with one attached hydrogen (secondary N) is 1. The van der Waals surface area contributed by atoms with Crippen LogP contribution in [0.2, 0.25) is 0 Å². The smallest absolute Gasteiger partial charge is 0.320 e. The van der Waals surface area contributed by atoms with E-state index in [4.69, 9.17) is 0 Å². The summed E-state index contributed by atoms with van der Waals surface area (Å²) in [6.07, 6.45) is -6.28. The quantitative estimate of drug-likeness (QED) is 0.623. The first-order valence-corrected chi connectivity index (χ1v) is 5.39. The lowest BCUT2D eigenvalue weighted by Gasteiger charge is -2.13. The maximum Gasteiger partial charge on any atom is 0.423 e. The highest BCUT2D eigenvalue weighted by Crippen LogP contribution is 2.36. The molecule has 0 aliphatic rings. The van der Waals surface area contributed by atoms with Crippen molar-refractivity contribution >= 4 is 0 Å². The average molecular weight is 249 g/mol. The number of aryl methyl sites for hydroxylation is 1. The summed E-state index contributed by atoms with van der Waals surface area (Å²) in [5.74, 6) is 0. The highest BCUT2D eigenvalue weighted by Gasteiger charge is 2.41. The molecule has 1 N–H and O–H groups in total. The predicted octanol–water partition coefficient (Wildman–Crippen LogP) is 3.41. The van der Waals surface area contributed by atoms with Crippen LogP contribution in [0, 0.1) is 0 Å². The van der Waals surface area contributed by atoms with Crippen molar-refractivity contribution in [1.29, 1.82) is 0 Å². The maximum atomic E-state index is 13.1. The summed E-state index contributed by atoms with van der Waals surface area (Å²) in [5, 5.41) is 2.95. The van der Waals surface area contributed by atoms with Crippen molar-refractivity contribution in [3.8, 4) is 0 Å². The fraction of sp³-hybridized carbons (Fsp3) is 0.500. The largest absolute Gasteiger partial charge is 0.423 e. The van der Waals surface area contributed by atoms with E-state index in [1.165, 1.54) is 18.2 Å². The lowest BCUT2D eigenvalue weighted by atomic mass is 10.0. The monoisotopic (exact) mass is 249 g/mol. The molecule has 0 radical (unpaired) electrons. The molecule has 1 atom stereocenters. The fourth-order valence-corrected chi connectivity index (χ4v) is 1.56. The van der Waals surface area contributed by atoms with Gasteiger partial charge in [-0.2, -0.15) is 13.2 Å². The minimum Gasteiger partial charge on any atom is -0.320 e. The van der Waals surface area contributed by atoms with Gasteiger partial charge >= 0.3 is 6.18 Å². The van der Waals surface area contributed by atoms with Crippen LogP contribution in [0.4, 0.5) is 17.6 Å². The SMILES string of the molecule is CNCCCc1cccc(C(F)C(F)(F)F)c1. The molecule has 1 nitrogen and oxygen atoms in total.